The Morgan fingerprint density at radius 3 is 1.76 bits per heavy atom. The number of halogens is 2. The highest BCUT2D eigenvalue weighted by Gasteiger charge is 2.52. The van der Waals surface area contributed by atoms with Gasteiger partial charge in [0.1, 0.15) is 88.4 Å². The van der Waals surface area contributed by atoms with Crippen molar-refractivity contribution in [1.82, 2.24) is 30.0 Å². The van der Waals surface area contributed by atoms with Crippen molar-refractivity contribution in [2.45, 2.75) is 59.6 Å². The molecule has 0 radical (unpaired) electrons. The van der Waals surface area contributed by atoms with Crippen LogP contribution in [0.5, 0.6) is 0 Å². The summed E-state index contributed by atoms with van der Waals surface area (Å²) in [7, 11) is 0. The molecule has 10 atom stereocenters. The molecular formula is C29H30F2N6O8S. The third-order valence-corrected chi connectivity index (χ3v) is 9.20. The zero-order valence-electron chi connectivity index (χ0n) is 23.8. The Hall–Kier alpha value is -3.81. The molecule has 2 aromatic carbocycles. The highest BCUT2D eigenvalue weighted by Crippen LogP contribution is 2.43. The Labute approximate surface area is 264 Å². The molecule has 4 heterocycles. The van der Waals surface area contributed by atoms with Crippen LogP contribution in [0.15, 0.2) is 73.3 Å². The van der Waals surface area contributed by atoms with Gasteiger partial charge in [-0.1, -0.05) is 53.0 Å². The van der Waals surface area contributed by atoms with E-state index in [1.807, 2.05) is 0 Å². The summed E-state index contributed by atoms with van der Waals surface area (Å²) in [5, 5.41) is 81.3. The van der Waals surface area contributed by atoms with Gasteiger partial charge < -0.3 is 40.1 Å². The zero-order chi connectivity index (χ0) is 32.7. The molecule has 0 saturated carbocycles. The number of thioether (sulfide) groups is 1. The van der Waals surface area contributed by atoms with E-state index in [9.17, 15) is 39.4 Å². The van der Waals surface area contributed by atoms with E-state index >= 15 is 0 Å². The van der Waals surface area contributed by atoms with Crippen LogP contribution in [0.3, 0.4) is 0 Å². The Morgan fingerprint density at radius 1 is 0.783 bits per heavy atom. The Kier molecular flexibility index (Phi) is 9.17. The fraction of sp³-hybridized carbons (Fsp3) is 0.379. The lowest BCUT2D eigenvalue weighted by Crippen LogP contribution is -2.58. The number of ether oxygens (including phenoxy) is 2. The summed E-state index contributed by atoms with van der Waals surface area (Å²) in [6.07, 6.45) is -5.98. The van der Waals surface area contributed by atoms with Crippen LogP contribution in [0.1, 0.15) is 12.1 Å². The lowest BCUT2D eigenvalue weighted by Gasteiger charge is -2.46. The van der Waals surface area contributed by atoms with Crippen LogP contribution < -0.4 is 0 Å². The summed E-state index contributed by atoms with van der Waals surface area (Å²) in [5.74, 6) is -1.55. The van der Waals surface area contributed by atoms with Crippen LogP contribution in [-0.2, 0) is 9.47 Å². The smallest absolute Gasteiger partial charge is 0.143 e. The molecule has 2 fully saturated rings. The molecule has 2 aromatic heterocycles. The minimum absolute atomic E-state index is 0.244. The molecule has 6 N–H and O–H groups in total. The van der Waals surface area contributed by atoms with Crippen LogP contribution in [0, 0.1) is 11.6 Å². The summed E-state index contributed by atoms with van der Waals surface area (Å²) in [6, 6.07) is 8.72. The number of rotatable bonds is 8. The third-order valence-electron chi connectivity index (χ3n) is 7.89. The van der Waals surface area contributed by atoms with Crippen molar-refractivity contribution >= 4 is 11.8 Å². The van der Waals surface area contributed by atoms with E-state index in [1.165, 1.54) is 53.5 Å². The minimum atomic E-state index is -1.57. The van der Waals surface area contributed by atoms with Gasteiger partial charge in [-0.3, -0.25) is 0 Å². The first-order valence-electron chi connectivity index (χ1n) is 14.1. The molecule has 2 aliphatic heterocycles. The highest BCUT2D eigenvalue weighted by molar-refractivity contribution is 8.00. The van der Waals surface area contributed by atoms with Gasteiger partial charge in [0.15, 0.2) is 0 Å². The van der Waals surface area contributed by atoms with Gasteiger partial charge in [-0.15, -0.1) is 10.2 Å². The van der Waals surface area contributed by atoms with E-state index in [4.69, 9.17) is 9.47 Å². The average molecular weight is 661 g/mol. The largest absolute Gasteiger partial charge is 0.510 e. The molecule has 46 heavy (non-hydrogen) atoms. The molecule has 0 unspecified atom stereocenters. The fourth-order valence-electron chi connectivity index (χ4n) is 5.58. The summed E-state index contributed by atoms with van der Waals surface area (Å²) in [6.45, 7) is 2.81. The third kappa shape index (κ3) is 6.15. The summed E-state index contributed by atoms with van der Waals surface area (Å²) < 4.78 is 41.6. The second kappa shape index (κ2) is 13.1. The molecule has 0 spiro atoms. The lowest BCUT2D eigenvalue weighted by atomic mass is 9.96. The normalized spacial score (nSPS) is 31.5. The van der Waals surface area contributed by atoms with Crippen LogP contribution in [0.4, 0.5) is 8.78 Å². The Bertz CT molecular complexity index is 1690. The topological polar surface area (TPSA) is 201 Å². The van der Waals surface area contributed by atoms with Crippen molar-refractivity contribution in [2.75, 3.05) is 6.61 Å². The predicted molar refractivity (Wildman–Crippen MR) is 157 cm³/mol. The van der Waals surface area contributed by atoms with Gasteiger partial charge in [-0.05, 0) is 24.3 Å². The van der Waals surface area contributed by atoms with E-state index in [0.29, 0.717) is 11.1 Å². The molecule has 244 valence electrons. The monoisotopic (exact) mass is 660 g/mol. The van der Waals surface area contributed by atoms with E-state index in [1.54, 1.807) is 12.1 Å². The number of aliphatic hydroxyl groups excluding tert-OH is 6. The van der Waals surface area contributed by atoms with E-state index in [-0.39, 0.29) is 11.4 Å². The molecule has 2 saturated heterocycles. The molecule has 6 rings (SSSR count). The summed E-state index contributed by atoms with van der Waals surface area (Å²) in [5.41, 5.74) is -1.28. The van der Waals surface area contributed by atoms with Crippen molar-refractivity contribution in [2.24, 2.45) is 0 Å². The summed E-state index contributed by atoms with van der Waals surface area (Å²) in [4.78, 5) is 0. The summed E-state index contributed by atoms with van der Waals surface area (Å²) >= 11 is 0.757. The molecule has 17 heteroatoms. The number of nitrogens with zero attached hydrogens (tertiary/aromatic N) is 6. The number of aromatic nitrogens is 6. The van der Waals surface area contributed by atoms with Crippen molar-refractivity contribution < 1.29 is 48.9 Å². The van der Waals surface area contributed by atoms with Crippen molar-refractivity contribution in [3.8, 4) is 22.5 Å². The van der Waals surface area contributed by atoms with E-state index in [2.05, 4.69) is 27.2 Å². The minimum Gasteiger partial charge on any atom is -0.510 e. The quantitative estimate of drug-likeness (QED) is 0.146. The van der Waals surface area contributed by atoms with Crippen LogP contribution in [0.2, 0.25) is 0 Å². The second-order valence-electron chi connectivity index (χ2n) is 10.9. The van der Waals surface area contributed by atoms with Crippen molar-refractivity contribution in [3.63, 3.8) is 0 Å². The Balaban J connectivity index is 1.27. The van der Waals surface area contributed by atoms with Gasteiger partial charge >= 0.3 is 0 Å². The van der Waals surface area contributed by atoms with Crippen LogP contribution in [-0.4, -0.2) is 115 Å². The van der Waals surface area contributed by atoms with Gasteiger partial charge in [0.25, 0.3) is 0 Å². The maximum Gasteiger partial charge on any atom is 0.143 e. The molecule has 14 nitrogen and oxygen atoms in total. The van der Waals surface area contributed by atoms with Crippen molar-refractivity contribution in [3.05, 3.63) is 84.9 Å². The molecule has 0 bridgehead atoms. The van der Waals surface area contributed by atoms with Crippen LogP contribution in [0.25, 0.3) is 22.5 Å². The number of aliphatic hydroxyl groups is 6. The molecular weight excluding hydrogens is 630 g/mol. The van der Waals surface area contributed by atoms with Gasteiger partial charge in [-0.2, -0.15) is 0 Å². The maximum atomic E-state index is 13.8. The standard InChI is InChI=1S/C29H30F2N6O8S/c1-13(39)27-24(41)22(37-11-19(33-35-37)15-5-3-7-17(31)9-15)26(43)29(45-27)46-28-25(42)21(23(40)20(12-38)44-28)36-10-18(32-34-36)14-4-2-6-16(30)8-14/h2-11,20-29,38-43H,1,12H2/t20-,21+,22+,23+,24-,25-,26-,27-,28+,29+/m1/s1. The first-order valence-corrected chi connectivity index (χ1v) is 15.0. The number of benzene rings is 2. The molecule has 4 aromatic rings. The van der Waals surface area contributed by atoms with E-state index < -0.39 is 83.6 Å². The first kappa shape index (κ1) is 32.1. The van der Waals surface area contributed by atoms with Gasteiger partial charge in [0, 0.05) is 11.1 Å². The first-order chi connectivity index (χ1) is 22.0. The predicted octanol–water partition coefficient (Wildman–Crippen LogP) is 0.955. The molecule has 2 aliphatic rings. The maximum absolute atomic E-state index is 13.8. The van der Waals surface area contributed by atoms with Crippen molar-refractivity contribution in [1.29, 1.82) is 0 Å². The van der Waals surface area contributed by atoms with E-state index in [0.717, 1.165) is 16.4 Å². The number of hydrogen-bond acceptors (Lipinski definition) is 13. The highest BCUT2D eigenvalue weighted by atomic mass is 32.2. The zero-order valence-corrected chi connectivity index (χ0v) is 24.6. The van der Waals surface area contributed by atoms with Gasteiger partial charge in [-0.25, -0.2) is 18.1 Å². The Morgan fingerprint density at radius 2 is 1.28 bits per heavy atom. The number of hydrogen-bond donors (Lipinski definition) is 6. The van der Waals surface area contributed by atoms with Gasteiger partial charge in [0.2, 0.25) is 0 Å². The molecule has 0 aliphatic carbocycles. The molecule has 0 amide bonds. The average Bonchev–Trinajstić information content (AvgIpc) is 3.71. The van der Waals surface area contributed by atoms with Crippen LogP contribution >= 0.6 is 11.8 Å². The SMILES string of the molecule is C=C(O)[C@H]1O[C@@H](S[C@@H]2O[C@H](CO)[C@H](O)[C@H](n3cc(-c4cccc(F)c4)nn3)[C@H]2O)[C@H](O)[C@@H](n2cc(-c3cccc(F)c3)nn2)[C@H]1O. The van der Waals surface area contributed by atoms with Gasteiger partial charge in [0.05, 0.1) is 19.0 Å². The second-order valence-corrected chi connectivity index (χ2v) is 12.1. The lowest BCUT2D eigenvalue weighted by molar-refractivity contribution is -0.184. The fourth-order valence-corrected chi connectivity index (χ4v) is 6.88.